The van der Waals surface area contributed by atoms with Gasteiger partial charge in [-0.15, -0.1) is 0 Å². The number of carbonyl (C=O) groups excluding carboxylic acids is 1. The Bertz CT molecular complexity index is 555. The first-order valence-electron chi connectivity index (χ1n) is 9.62. The Hall–Kier alpha value is -1.35. The number of rotatable bonds is 3. The Balaban J connectivity index is 1.62. The maximum atomic E-state index is 13.0. The van der Waals surface area contributed by atoms with Crippen LogP contribution in [0.1, 0.15) is 54.1 Å². The van der Waals surface area contributed by atoms with Crippen molar-refractivity contribution >= 4 is 5.91 Å². The number of carbonyl (C=O) groups is 1. The minimum absolute atomic E-state index is 0.238. The van der Waals surface area contributed by atoms with Crippen molar-refractivity contribution in [3.63, 3.8) is 0 Å². The average molecular weight is 329 g/mol. The molecule has 0 N–H and O–H groups in total. The largest absolute Gasteiger partial charge is 0.338 e. The van der Waals surface area contributed by atoms with Crippen LogP contribution in [0.2, 0.25) is 0 Å². The van der Waals surface area contributed by atoms with E-state index in [1.165, 1.54) is 38.9 Å². The molecule has 2 aliphatic rings. The molecule has 1 atom stereocenters. The molecule has 0 aliphatic carbocycles. The first kappa shape index (κ1) is 17.5. The van der Waals surface area contributed by atoms with Crippen molar-refractivity contribution in [2.75, 3.05) is 32.7 Å². The fourth-order valence-electron chi connectivity index (χ4n) is 4.32. The van der Waals surface area contributed by atoms with E-state index in [0.717, 1.165) is 42.1 Å². The molecule has 0 radical (unpaired) electrons. The summed E-state index contributed by atoms with van der Waals surface area (Å²) in [5, 5.41) is 0. The molecule has 0 bridgehead atoms. The lowest BCUT2D eigenvalue weighted by Crippen LogP contribution is -2.45. The van der Waals surface area contributed by atoms with Crippen LogP contribution in [0.5, 0.6) is 0 Å². The van der Waals surface area contributed by atoms with Gasteiger partial charge in [0.05, 0.1) is 0 Å². The zero-order chi connectivity index (χ0) is 17.1. The zero-order valence-corrected chi connectivity index (χ0v) is 15.6. The van der Waals surface area contributed by atoms with Crippen LogP contribution in [0.4, 0.5) is 0 Å². The molecule has 1 aromatic carbocycles. The van der Waals surface area contributed by atoms with Gasteiger partial charge in [0.15, 0.2) is 0 Å². The molecule has 3 rings (SSSR count). The van der Waals surface area contributed by atoms with Crippen LogP contribution in [0.25, 0.3) is 0 Å². The second kappa shape index (κ2) is 7.69. The summed E-state index contributed by atoms with van der Waals surface area (Å²) in [4.78, 5) is 17.8. The number of hydrogen-bond acceptors (Lipinski definition) is 2. The lowest BCUT2D eigenvalue weighted by atomic mass is 9.93. The van der Waals surface area contributed by atoms with Crippen LogP contribution in [0.3, 0.4) is 0 Å². The predicted molar refractivity (Wildman–Crippen MR) is 99.4 cm³/mol. The van der Waals surface area contributed by atoms with Gasteiger partial charge in [0.2, 0.25) is 0 Å². The number of amides is 1. The smallest absolute Gasteiger partial charge is 0.254 e. The SMILES string of the molecule is Cc1cccc(C)c1C(=O)N1CCCC(CN2CCC(C)CC2)C1. The van der Waals surface area contributed by atoms with Crippen molar-refractivity contribution in [1.82, 2.24) is 9.80 Å². The molecule has 0 spiro atoms. The van der Waals surface area contributed by atoms with E-state index in [1.807, 2.05) is 6.07 Å². The van der Waals surface area contributed by atoms with E-state index >= 15 is 0 Å². The molecule has 1 unspecified atom stereocenters. The maximum absolute atomic E-state index is 13.0. The average Bonchev–Trinajstić information content (AvgIpc) is 2.57. The molecule has 2 saturated heterocycles. The highest BCUT2D eigenvalue weighted by atomic mass is 16.2. The van der Waals surface area contributed by atoms with Crippen molar-refractivity contribution < 1.29 is 4.79 Å². The van der Waals surface area contributed by atoms with Gasteiger partial charge in [0.1, 0.15) is 0 Å². The Morgan fingerprint density at radius 1 is 1.08 bits per heavy atom. The van der Waals surface area contributed by atoms with Crippen molar-refractivity contribution in [2.45, 2.75) is 46.5 Å². The number of piperidine rings is 2. The van der Waals surface area contributed by atoms with E-state index in [0.29, 0.717) is 5.92 Å². The number of benzene rings is 1. The van der Waals surface area contributed by atoms with Gasteiger partial charge in [-0.1, -0.05) is 25.1 Å². The summed E-state index contributed by atoms with van der Waals surface area (Å²) in [5.41, 5.74) is 3.13. The highest BCUT2D eigenvalue weighted by Crippen LogP contribution is 2.24. The Labute approximate surface area is 147 Å². The van der Waals surface area contributed by atoms with Gasteiger partial charge in [0, 0.05) is 25.2 Å². The third kappa shape index (κ3) is 4.00. The van der Waals surface area contributed by atoms with E-state index in [9.17, 15) is 4.79 Å². The number of likely N-dealkylation sites (tertiary alicyclic amines) is 2. The minimum Gasteiger partial charge on any atom is -0.338 e. The second-order valence-electron chi connectivity index (χ2n) is 8.01. The van der Waals surface area contributed by atoms with Crippen molar-refractivity contribution in [1.29, 1.82) is 0 Å². The summed E-state index contributed by atoms with van der Waals surface area (Å²) < 4.78 is 0. The molecule has 3 nitrogen and oxygen atoms in total. The van der Waals surface area contributed by atoms with Crippen molar-refractivity contribution in [3.05, 3.63) is 34.9 Å². The Morgan fingerprint density at radius 3 is 2.42 bits per heavy atom. The van der Waals surface area contributed by atoms with E-state index in [2.05, 4.69) is 42.7 Å². The molecule has 2 heterocycles. The molecule has 0 saturated carbocycles. The first-order chi connectivity index (χ1) is 11.5. The van der Waals surface area contributed by atoms with Gasteiger partial charge in [0.25, 0.3) is 5.91 Å². The van der Waals surface area contributed by atoms with Crippen LogP contribution in [0, 0.1) is 25.7 Å². The minimum atomic E-state index is 0.238. The summed E-state index contributed by atoms with van der Waals surface area (Å²) in [6.45, 7) is 12.0. The van der Waals surface area contributed by atoms with Crippen molar-refractivity contribution in [3.8, 4) is 0 Å². The summed E-state index contributed by atoms with van der Waals surface area (Å²) in [6.07, 6.45) is 5.07. The topological polar surface area (TPSA) is 23.6 Å². The molecular weight excluding hydrogens is 296 g/mol. The van der Waals surface area contributed by atoms with E-state index in [4.69, 9.17) is 0 Å². The molecule has 1 amide bonds. The molecule has 0 aromatic heterocycles. The van der Waals surface area contributed by atoms with Gasteiger partial charge in [-0.2, -0.15) is 0 Å². The number of nitrogens with zero attached hydrogens (tertiary/aromatic N) is 2. The van der Waals surface area contributed by atoms with Gasteiger partial charge < -0.3 is 9.80 Å². The van der Waals surface area contributed by atoms with Gasteiger partial charge in [-0.25, -0.2) is 0 Å². The van der Waals surface area contributed by atoms with Crippen LogP contribution in [0.15, 0.2) is 18.2 Å². The molecule has 2 aliphatic heterocycles. The fraction of sp³-hybridized carbons (Fsp3) is 0.667. The summed E-state index contributed by atoms with van der Waals surface area (Å²) in [5.74, 6) is 1.76. The quantitative estimate of drug-likeness (QED) is 0.840. The van der Waals surface area contributed by atoms with Crippen LogP contribution in [-0.4, -0.2) is 48.4 Å². The highest BCUT2D eigenvalue weighted by molar-refractivity contribution is 5.97. The van der Waals surface area contributed by atoms with Gasteiger partial charge >= 0.3 is 0 Å². The second-order valence-corrected chi connectivity index (χ2v) is 8.01. The molecule has 1 aromatic rings. The fourth-order valence-corrected chi connectivity index (χ4v) is 4.32. The normalized spacial score (nSPS) is 23.5. The van der Waals surface area contributed by atoms with E-state index < -0.39 is 0 Å². The summed E-state index contributed by atoms with van der Waals surface area (Å²) in [6, 6.07) is 6.14. The zero-order valence-electron chi connectivity index (χ0n) is 15.6. The van der Waals surface area contributed by atoms with Crippen LogP contribution in [-0.2, 0) is 0 Å². The molecule has 3 heteroatoms. The summed E-state index contributed by atoms with van der Waals surface area (Å²) in [7, 11) is 0. The first-order valence-corrected chi connectivity index (χ1v) is 9.62. The molecule has 132 valence electrons. The van der Waals surface area contributed by atoms with Crippen LogP contribution >= 0.6 is 0 Å². The molecule has 2 fully saturated rings. The van der Waals surface area contributed by atoms with Gasteiger partial charge in [-0.3, -0.25) is 4.79 Å². The number of aryl methyl sites for hydroxylation is 2. The predicted octanol–water partition coefficient (Wildman–Crippen LogP) is 3.89. The summed E-state index contributed by atoms with van der Waals surface area (Å²) >= 11 is 0. The van der Waals surface area contributed by atoms with E-state index in [-0.39, 0.29) is 5.91 Å². The third-order valence-electron chi connectivity index (χ3n) is 5.89. The third-order valence-corrected chi connectivity index (χ3v) is 5.89. The molecular formula is C21H32N2O. The lowest BCUT2D eigenvalue weighted by Gasteiger charge is -2.38. The highest BCUT2D eigenvalue weighted by Gasteiger charge is 2.28. The lowest BCUT2D eigenvalue weighted by molar-refractivity contribution is 0.0621. The van der Waals surface area contributed by atoms with Crippen LogP contribution < -0.4 is 0 Å². The molecule has 24 heavy (non-hydrogen) atoms. The van der Waals surface area contributed by atoms with E-state index in [1.54, 1.807) is 0 Å². The van der Waals surface area contributed by atoms with Crippen molar-refractivity contribution in [2.24, 2.45) is 11.8 Å². The Kier molecular flexibility index (Phi) is 5.60. The number of hydrogen-bond donors (Lipinski definition) is 0. The maximum Gasteiger partial charge on any atom is 0.254 e. The Morgan fingerprint density at radius 2 is 1.75 bits per heavy atom. The standard InChI is InChI=1S/C21H32N2O/c1-16-9-12-22(13-10-16)14-19-8-5-11-23(15-19)21(24)20-17(2)6-4-7-18(20)3/h4,6-7,16,19H,5,8-15H2,1-3H3. The monoisotopic (exact) mass is 328 g/mol. The van der Waals surface area contributed by atoms with Gasteiger partial charge in [-0.05, 0) is 75.6 Å².